The van der Waals surface area contributed by atoms with Gasteiger partial charge in [0.1, 0.15) is 0 Å². The molecule has 3 aromatic rings. The molecule has 1 saturated heterocycles. The van der Waals surface area contributed by atoms with Gasteiger partial charge in [0.05, 0.1) is 22.9 Å². The molecule has 1 unspecified atom stereocenters. The molecular weight excluding hydrogens is 344 g/mol. The molecule has 0 spiro atoms. The van der Waals surface area contributed by atoms with Crippen molar-refractivity contribution in [2.24, 2.45) is 0 Å². The lowest BCUT2D eigenvalue weighted by atomic mass is 10.1. The lowest BCUT2D eigenvalue weighted by Crippen LogP contribution is -2.37. The van der Waals surface area contributed by atoms with E-state index >= 15 is 0 Å². The van der Waals surface area contributed by atoms with Crippen molar-refractivity contribution in [2.75, 3.05) is 18.1 Å². The fourth-order valence-electron chi connectivity index (χ4n) is 3.23. The molecule has 0 saturated carbocycles. The molecule has 5 heteroatoms. The van der Waals surface area contributed by atoms with Crippen LogP contribution in [0.25, 0.3) is 10.2 Å². The molecule has 4 rings (SSSR count). The Morgan fingerprint density at radius 2 is 1.96 bits per heavy atom. The number of thiazole rings is 1. The van der Waals surface area contributed by atoms with Gasteiger partial charge in [-0.15, -0.1) is 0 Å². The summed E-state index contributed by atoms with van der Waals surface area (Å²) in [7, 11) is 0. The maximum absolute atomic E-state index is 13.2. The van der Waals surface area contributed by atoms with Crippen molar-refractivity contribution >= 4 is 32.6 Å². The Balaban J connectivity index is 1.70. The molecule has 2 aromatic carbocycles. The van der Waals surface area contributed by atoms with Crippen molar-refractivity contribution in [3.63, 3.8) is 0 Å². The Bertz CT molecular complexity index is 927. The van der Waals surface area contributed by atoms with Crippen molar-refractivity contribution in [1.29, 1.82) is 0 Å². The number of anilines is 1. The summed E-state index contributed by atoms with van der Waals surface area (Å²) < 4.78 is 6.89. The van der Waals surface area contributed by atoms with E-state index in [-0.39, 0.29) is 12.0 Å². The first-order valence-corrected chi connectivity index (χ1v) is 9.79. The monoisotopic (exact) mass is 366 g/mol. The number of amides is 1. The van der Waals surface area contributed by atoms with Crippen molar-refractivity contribution in [1.82, 2.24) is 4.98 Å². The van der Waals surface area contributed by atoms with E-state index in [9.17, 15) is 4.79 Å². The summed E-state index contributed by atoms with van der Waals surface area (Å²) in [5.74, 6) is -0.0173. The molecule has 0 N–H and O–H groups in total. The van der Waals surface area contributed by atoms with E-state index in [1.54, 1.807) is 16.2 Å². The Morgan fingerprint density at radius 1 is 1.19 bits per heavy atom. The maximum Gasteiger partial charge on any atom is 0.260 e. The van der Waals surface area contributed by atoms with Crippen LogP contribution < -0.4 is 4.90 Å². The highest BCUT2D eigenvalue weighted by atomic mass is 32.1. The van der Waals surface area contributed by atoms with Gasteiger partial charge >= 0.3 is 0 Å². The number of aromatic nitrogens is 1. The number of hydrogen-bond acceptors (Lipinski definition) is 4. The van der Waals surface area contributed by atoms with Gasteiger partial charge in [0.2, 0.25) is 0 Å². The van der Waals surface area contributed by atoms with Crippen LogP contribution in [0.2, 0.25) is 0 Å². The average Bonchev–Trinajstić information content (AvgIpc) is 3.28. The topological polar surface area (TPSA) is 42.4 Å². The second kappa shape index (κ2) is 7.17. The largest absolute Gasteiger partial charge is 0.376 e. The second-order valence-corrected chi connectivity index (χ2v) is 7.89. The van der Waals surface area contributed by atoms with Crippen LogP contribution in [0.5, 0.6) is 0 Å². The summed E-state index contributed by atoms with van der Waals surface area (Å²) in [5, 5.41) is 0.742. The zero-order chi connectivity index (χ0) is 18.1. The van der Waals surface area contributed by atoms with Gasteiger partial charge in [-0.3, -0.25) is 9.69 Å². The lowest BCUT2D eigenvalue weighted by molar-refractivity contribution is 0.0917. The van der Waals surface area contributed by atoms with Crippen LogP contribution in [0.3, 0.4) is 0 Å². The molecule has 0 radical (unpaired) electrons. The van der Waals surface area contributed by atoms with Crippen LogP contribution in [-0.2, 0) is 4.74 Å². The SMILES string of the molecule is Cc1ccc(C(=O)N(CC2CCCO2)c2nc3ccc(C)cc3s2)cc1. The summed E-state index contributed by atoms with van der Waals surface area (Å²) >= 11 is 1.57. The molecule has 4 nitrogen and oxygen atoms in total. The van der Waals surface area contributed by atoms with E-state index in [0.29, 0.717) is 12.1 Å². The minimum atomic E-state index is -0.0173. The number of nitrogens with zero attached hydrogens (tertiary/aromatic N) is 2. The molecule has 134 valence electrons. The Kier molecular flexibility index (Phi) is 4.74. The zero-order valence-corrected chi connectivity index (χ0v) is 15.9. The minimum Gasteiger partial charge on any atom is -0.376 e. The quantitative estimate of drug-likeness (QED) is 0.670. The fraction of sp³-hybridized carbons (Fsp3) is 0.333. The Hall–Kier alpha value is -2.24. The van der Waals surface area contributed by atoms with Gasteiger partial charge in [-0.05, 0) is 56.5 Å². The highest BCUT2D eigenvalue weighted by Crippen LogP contribution is 2.31. The van der Waals surface area contributed by atoms with Gasteiger partial charge in [-0.1, -0.05) is 35.1 Å². The van der Waals surface area contributed by atoms with Crippen LogP contribution in [-0.4, -0.2) is 30.1 Å². The van der Waals surface area contributed by atoms with Crippen molar-refractivity contribution in [2.45, 2.75) is 32.8 Å². The molecule has 1 fully saturated rings. The van der Waals surface area contributed by atoms with Crippen LogP contribution >= 0.6 is 11.3 Å². The van der Waals surface area contributed by atoms with Crippen LogP contribution in [0.4, 0.5) is 5.13 Å². The number of carbonyl (C=O) groups is 1. The maximum atomic E-state index is 13.2. The predicted molar refractivity (Wildman–Crippen MR) is 106 cm³/mol. The lowest BCUT2D eigenvalue weighted by Gasteiger charge is -2.23. The molecule has 1 aromatic heterocycles. The van der Waals surface area contributed by atoms with E-state index in [1.165, 1.54) is 5.56 Å². The average molecular weight is 366 g/mol. The van der Waals surface area contributed by atoms with E-state index in [2.05, 4.69) is 19.1 Å². The van der Waals surface area contributed by atoms with Crippen molar-refractivity contribution in [3.05, 3.63) is 59.2 Å². The summed E-state index contributed by atoms with van der Waals surface area (Å²) in [6.45, 7) is 5.41. The zero-order valence-electron chi connectivity index (χ0n) is 15.1. The van der Waals surface area contributed by atoms with Gasteiger partial charge in [-0.25, -0.2) is 4.98 Å². The molecule has 0 bridgehead atoms. The summed E-state index contributed by atoms with van der Waals surface area (Å²) in [5.41, 5.74) is 3.96. The number of ether oxygens (including phenoxy) is 1. The standard InChI is InChI=1S/C21H22N2O2S/c1-14-5-8-16(9-6-14)20(24)23(13-17-4-3-11-25-17)21-22-18-10-7-15(2)12-19(18)26-21/h5-10,12,17H,3-4,11,13H2,1-2H3. The molecule has 1 amide bonds. The smallest absolute Gasteiger partial charge is 0.260 e. The first kappa shape index (κ1) is 17.2. The first-order chi connectivity index (χ1) is 12.6. The third-order valence-electron chi connectivity index (χ3n) is 4.72. The van der Waals surface area contributed by atoms with Gasteiger partial charge < -0.3 is 4.74 Å². The first-order valence-electron chi connectivity index (χ1n) is 8.97. The van der Waals surface area contributed by atoms with Gasteiger partial charge in [0.25, 0.3) is 5.91 Å². The number of aryl methyl sites for hydroxylation is 2. The fourth-order valence-corrected chi connectivity index (χ4v) is 4.30. The molecular formula is C21H22N2O2S. The van der Waals surface area contributed by atoms with Gasteiger partial charge in [0, 0.05) is 12.2 Å². The molecule has 1 aliphatic rings. The highest BCUT2D eigenvalue weighted by molar-refractivity contribution is 7.22. The Labute approximate surface area is 157 Å². The van der Waals surface area contributed by atoms with Crippen LogP contribution in [0.15, 0.2) is 42.5 Å². The normalized spacial score (nSPS) is 16.9. The summed E-state index contributed by atoms with van der Waals surface area (Å²) in [4.78, 5) is 19.7. The minimum absolute atomic E-state index is 0.0173. The summed E-state index contributed by atoms with van der Waals surface area (Å²) in [6, 6.07) is 13.9. The third-order valence-corrected chi connectivity index (χ3v) is 5.76. The second-order valence-electron chi connectivity index (χ2n) is 6.88. The van der Waals surface area contributed by atoms with E-state index in [4.69, 9.17) is 9.72 Å². The highest BCUT2D eigenvalue weighted by Gasteiger charge is 2.27. The van der Waals surface area contributed by atoms with Gasteiger partial charge in [-0.2, -0.15) is 0 Å². The molecule has 2 heterocycles. The number of benzene rings is 2. The number of rotatable bonds is 4. The van der Waals surface area contributed by atoms with E-state index < -0.39 is 0 Å². The molecule has 1 aliphatic heterocycles. The predicted octanol–water partition coefficient (Wildman–Crippen LogP) is 4.74. The Morgan fingerprint density at radius 3 is 2.69 bits per heavy atom. The molecule has 26 heavy (non-hydrogen) atoms. The van der Waals surface area contributed by atoms with Crippen molar-refractivity contribution in [3.8, 4) is 0 Å². The molecule has 0 aliphatic carbocycles. The van der Waals surface area contributed by atoms with Crippen LogP contribution in [0.1, 0.15) is 34.3 Å². The number of carbonyl (C=O) groups excluding carboxylic acids is 1. The van der Waals surface area contributed by atoms with E-state index in [0.717, 1.165) is 40.4 Å². The number of hydrogen-bond donors (Lipinski definition) is 0. The van der Waals surface area contributed by atoms with Crippen molar-refractivity contribution < 1.29 is 9.53 Å². The number of fused-ring (bicyclic) bond motifs is 1. The van der Waals surface area contributed by atoms with E-state index in [1.807, 2.05) is 37.3 Å². The third kappa shape index (κ3) is 3.50. The summed E-state index contributed by atoms with van der Waals surface area (Å²) in [6.07, 6.45) is 2.12. The van der Waals surface area contributed by atoms with Gasteiger partial charge in [0.15, 0.2) is 5.13 Å². The molecule has 1 atom stereocenters. The van der Waals surface area contributed by atoms with Crippen LogP contribution in [0, 0.1) is 13.8 Å².